The molecule has 2 fully saturated rings. The molecule has 42 heavy (non-hydrogen) atoms. The zero-order chi connectivity index (χ0) is 29.1. The number of carbonyl (C=O) groups excluding carboxylic acids is 1. The highest BCUT2D eigenvalue weighted by atomic mass is 32.2. The van der Waals surface area contributed by atoms with Crippen LogP contribution in [0.15, 0.2) is 30.5 Å². The van der Waals surface area contributed by atoms with E-state index in [0.717, 1.165) is 65.2 Å². The Hall–Kier alpha value is -3.05. The molecule has 0 radical (unpaired) electrons. The number of fused-ring (bicyclic) bond motifs is 2. The highest BCUT2D eigenvalue weighted by Gasteiger charge is 2.24. The second-order valence-corrected chi connectivity index (χ2v) is 12.7. The molecule has 4 aromatic rings. The number of anilines is 1. The van der Waals surface area contributed by atoms with Gasteiger partial charge in [0.1, 0.15) is 0 Å². The molecule has 224 valence electrons. The largest absolute Gasteiger partial charge is 0.378 e. The van der Waals surface area contributed by atoms with Crippen LogP contribution >= 0.6 is 11.3 Å². The van der Waals surface area contributed by atoms with Crippen molar-refractivity contribution in [3.63, 3.8) is 0 Å². The molecule has 13 nitrogen and oxygen atoms in total. The zero-order valence-electron chi connectivity index (χ0n) is 23.4. The topological polar surface area (TPSA) is 138 Å². The van der Waals surface area contributed by atoms with Crippen LogP contribution < -0.4 is 10.4 Å². The third-order valence-corrected chi connectivity index (χ3v) is 9.71. The quantitative estimate of drug-likeness (QED) is 0.202. The molecule has 2 aliphatic heterocycles. The van der Waals surface area contributed by atoms with Gasteiger partial charge in [0, 0.05) is 80.8 Å². The Bertz CT molecular complexity index is 1580. The molecule has 1 aromatic carbocycles. The average molecular weight is 615 g/mol. The second-order valence-electron chi connectivity index (χ2n) is 10.3. The van der Waals surface area contributed by atoms with E-state index in [2.05, 4.69) is 15.9 Å². The summed E-state index contributed by atoms with van der Waals surface area (Å²) in [5.74, 6) is 1.16. The van der Waals surface area contributed by atoms with Gasteiger partial charge in [-0.25, -0.2) is 19.7 Å². The lowest BCUT2D eigenvalue weighted by Gasteiger charge is -2.32. The molecule has 0 saturated carbocycles. The van der Waals surface area contributed by atoms with E-state index in [1.807, 2.05) is 33.4 Å². The molecule has 0 bridgehead atoms. The van der Waals surface area contributed by atoms with Crippen molar-refractivity contribution in [2.45, 2.75) is 25.9 Å². The highest BCUT2D eigenvalue weighted by Crippen LogP contribution is 2.36. The predicted octanol–water partition coefficient (Wildman–Crippen LogP) is 2.17. The lowest BCUT2D eigenvalue weighted by atomic mass is 10.1. The number of hydrogen-bond acceptors (Lipinski definition) is 11. The molecule has 2 saturated heterocycles. The van der Waals surface area contributed by atoms with Crippen molar-refractivity contribution >= 4 is 55.4 Å². The number of nitrogens with zero attached hydrogens (tertiary/aromatic N) is 7. The first-order valence-electron chi connectivity index (χ1n) is 14.0. The number of piperazine rings is 1. The van der Waals surface area contributed by atoms with Crippen molar-refractivity contribution in [3.05, 3.63) is 35.3 Å². The number of hydroxylamine groups is 1. The van der Waals surface area contributed by atoms with Crippen LogP contribution in [-0.4, -0.2) is 104 Å². The van der Waals surface area contributed by atoms with E-state index in [0.29, 0.717) is 45.1 Å². The van der Waals surface area contributed by atoms with Gasteiger partial charge in [0.2, 0.25) is 17.2 Å². The van der Waals surface area contributed by atoms with Crippen LogP contribution in [0, 0.1) is 0 Å². The van der Waals surface area contributed by atoms with Crippen molar-refractivity contribution in [1.29, 1.82) is 0 Å². The Morgan fingerprint density at radius 3 is 2.71 bits per heavy atom. The minimum absolute atomic E-state index is 0.213. The number of ether oxygens (including phenoxy) is 1. The first-order chi connectivity index (χ1) is 20.5. The Labute approximate surface area is 249 Å². The lowest BCUT2D eigenvalue weighted by molar-refractivity contribution is -0.129. The average Bonchev–Trinajstić information content (AvgIpc) is 3.64. The molecule has 1 atom stereocenters. The van der Waals surface area contributed by atoms with Gasteiger partial charge in [-0.2, -0.15) is 9.40 Å². The molecule has 2 aliphatic rings. The molecule has 0 spiro atoms. The summed E-state index contributed by atoms with van der Waals surface area (Å²) in [5, 5.41) is 14.4. The van der Waals surface area contributed by atoms with E-state index >= 15 is 0 Å². The molecule has 1 amide bonds. The summed E-state index contributed by atoms with van der Waals surface area (Å²) in [6.07, 6.45) is 2.74. The lowest BCUT2D eigenvalue weighted by Crippen LogP contribution is -2.46. The second kappa shape index (κ2) is 13.1. The number of aryl methyl sites for hydroxylation is 1. The monoisotopic (exact) mass is 614 g/mol. The maximum absolute atomic E-state index is 12.0. The number of benzene rings is 1. The summed E-state index contributed by atoms with van der Waals surface area (Å²) >= 11 is 0.350. The van der Waals surface area contributed by atoms with E-state index < -0.39 is 17.2 Å². The SMILES string of the molecule is COS(=O)N1CCN(Cc2cc3nc(-c4cccc5nn(CCCC(=O)NO)cc45)nc(N4CCOCC4)c3s2)CC1. The molecule has 0 aliphatic carbocycles. The Morgan fingerprint density at radius 2 is 1.95 bits per heavy atom. The van der Waals surface area contributed by atoms with Crippen molar-refractivity contribution < 1.29 is 23.1 Å². The summed E-state index contributed by atoms with van der Waals surface area (Å²) < 4.78 is 27.4. The molecule has 3 aromatic heterocycles. The first-order valence-corrected chi connectivity index (χ1v) is 15.8. The molecular formula is C27H34N8O5S2. The minimum Gasteiger partial charge on any atom is -0.378 e. The Morgan fingerprint density at radius 1 is 1.14 bits per heavy atom. The molecule has 1 unspecified atom stereocenters. The summed E-state index contributed by atoms with van der Waals surface area (Å²) in [4.78, 5) is 27.5. The smallest absolute Gasteiger partial charge is 0.243 e. The van der Waals surface area contributed by atoms with Gasteiger partial charge in [0.15, 0.2) is 11.6 Å². The fourth-order valence-electron chi connectivity index (χ4n) is 5.37. The highest BCUT2D eigenvalue weighted by molar-refractivity contribution is 7.77. The van der Waals surface area contributed by atoms with E-state index in [1.54, 1.807) is 16.8 Å². The van der Waals surface area contributed by atoms with E-state index in [4.69, 9.17) is 29.2 Å². The maximum atomic E-state index is 12.0. The molecule has 5 heterocycles. The van der Waals surface area contributed by atoms with Crippen molar-refractivity contribution in [3.8, 4) is 11.4 Å². The normalized spacial score (nSPS) is 17.7. The fraction of sp³-hybridized carbons (Fsp3) is 0.481. The van der Waals surface area contributed by atoms with Gasteiger partial charge in [-0.05, 0) is 18.6 Å². The van der Waals surface area contributed by atoms with E-state index in [-0.39, 0.29) is 6.42 Å². The van der Waals surface area contributed by atoms with E-state index in [1.165, 1.54) is 12.0 Å². The zero-order valence-corrected chi connectivity index (χ0v) is 25.0. The molecule has 15 heteroatoms. The van der Waals surface area contributed by atoms with Crippen molar-refractivity contribution in [1.82, 2.24) is 34.4 Å². The summed E-state index contributed by atoms with van der Waals surface area (Å²) in [6, 6.07) is 8.12. The van der Waals surface area contributed by atoms with Crippen LogP contribution in [0.3, 0.4) is 0 Å². The number of morpholine rings is 1. The van der Waals surface area contributed by atoms with Crippen LogP contribution in [0.4, 0.5) is 5.82 Å². The van der Waals surface area contributed by atoms with Gasteiger partial charge in [0.05, 0.1) is 36.1 Å². The summed E-state index contributed by atoms with van der Waals surface area (Å²) in [7, 11) is 1.47. The Balaban J connectivity index is 1.30. The van der Waals surface area contributed by atoms with Crippen molar-refractivity contribution in [2.75, 3.05) is 64.5 Å². The van der Waals surface area contributed by atoms with Crippen LogP contribution in [0.1, 0.15) is 17.7 Å². The Kier molecular flexibility index (Phi) is 9.04. The van der Waals surface area contributed by atoms with Gasteiger partial charge < -0.3 is 9.64 Å². The van der Waals surface area contributed by atoms with Crippen molar-refractivity contribution in [2.24, 2.45) is 0 Å². The summed E-state index contributed by atoms with van der Waals surface area (Å²) in [6.45, 7) is 7.20. The number of aromatic nitrogens is 4. The molecule has 2 N–H and O–H groups in total. The fourth-order valence-corrected chi connectivity index (χ4v) is 7.20. The minimum atomic E-state index is -1.38. The number of thiophene rings is 1. The molecule has 6 rings (SSSR count). The van der Waals surface area contributed by atoms with Gasteiger partial charge in [-0.15, -0.1) is 11.3 Å². The standard InChI is InChI=1S/C27H34N8O5S2/c1-39-42(38)35-10-8-32(9-11-35)17-19-16-23-25(41-19)27(33-12-14-40-15-13-33)29-26(28-23)20-4-2-5-22-21(20)18-34(30-22)7-3-6-24(36)31-37/h2,4-5,16,18,37H,3,6-15,17H2,1H3,(H,31,36). The number of nitrogens with one attached hydrogen (secondary N) is 1. The van der Waals surface area contributed by atoms with Crippen LogP contribution in [0.2, 0.25) is 0 Å². The van der Waals surface area contributed by atoms with Gasteiger partial charge in [0.25, 0.3) is 0 Å². The van der Waals surface area contributed by atoms with E-state index in [9.17, 15) is 9.00 Å². The predicted molar refractivity (Wildman–Crippen MR) is 160 cm³/mol. The number of hydrogen-bond donors (Lipinski definition) is 2. The van der Waals surface area contributed by atoms with Gasteiger partial charge >= 0.3 is 0 Å². The molecular weight excluding hydrogens is 580 g/mol. The van der Waals surface area contributed by atoms with Crippen LogP contribution in [-0.2, 0) is 38.1 Å². The van der Waals surface area contributed by atoms with Crippen LogP contribution in [0.5, 0.6) is 0 Å². The van der Waals surface area contributed by atoms with Crippen LogP contribution in [0.25, 0.3) is 32.5 Å². The van der Waals surface area contributed by atoms with Gasteiger partial charge in [-0.1, -0.05) is 12.1 Å². The number of rotatable bonds is 10. The third kappa shape index (κ3) is 6.32. The third-order valence-electron chi connectivity index (χ3n) is 7.53. The maximum Gasteiger partial charge on any atom is 0.243 e. The first kappa shape index (κ1) is 29.0. The number of amides is 1. The summed E-state index contributed by atoms with van der Waals surface area (Å²) in [5.41, 5.74) is 4.32. The van der Waals surface area contributed by atoms with Gasteiger partial charge in [-0.3, -0.25) is 23.8 Å². The number of carbonyl (C=O) groups is 1.